The first-order valence-corrected chi connectivity index (χ1v) is 11.6. The number of carbonyl (C=O) groups is 1. The Kier molecular flexibility index (Phi) is 5.28. The second kappa shape index (κ2) is 7.74. The van der Waals surface area contributed by atoms with E-state index in [1.807, 2.05) is 6.07 Å². The molecule has 1 aliphatic heterocycles. The first kappa shape index (κ1) is 19.8. The molecule has 1 saturated heterocycles. The molecule has 0 atom stereocenters. The van der Waals surface area contributed by atoms with Gasteiger partial charge in [-0.15, -0.1) is 0 Å². The van der Waals surface area contributed by atoms with Crippen LogP contribution >= 0.6 is 11.3 Å². The van der Waals surface area contributed by atoms with Crippen LogP contribution in [0.2, 0.25) is 0 Å². The predicted octanol–water partition coefficient (Wildman–Crippen LogP) is 2.64. The molecule has 3 aromatic rings. The topological polar surface area (TPSA) is 88.5 Å². The number of aromatic nitrogens is 1. The molecule has 2 heterocycles. The van der Waals surface area contributed by atoms with Gasteiger partial charge in [0.2, 0.25) is 15.9 Å². The molecule has 0 saturated carbocycles. The van der Waals surface area contributed by atoms with Gasteiger partial charge in [0.15, 0.2) is 0 Å². The summed E-state index contributed by atoms with van der Waals surface area (Å²) in [6.45, 7) is 0.628. The molecule has 1 amide bonds. The zero-order chi connectivity index (χ0) is 20.6. The standard InChI is InChI=1S/C20H21N3O4S2/c1-22-17-8-7-15(13-18(17)28-20(22)25)21-19(24)14-9-11-23(12-10-14)29(26,27)16-5-3-2-4-6-16/h2-8,13-14H,9-12H2,1H3,(H,21,24). The van der Waals surface area contributed by atoms with Crippen LogP contribution in [0.3, 0.4) is 0 Å². The van der Waals surface area contributed by atoms with Crippen molar-refractivity contribution in [2.24, 2.45) is 13.0 Å². The highest BCUT2D eigenvalue weighted by Gasteiger charge is 2.32. The quantitative estimate of drug-likeness (QED) is 0.688. The molecule has 29 heavy (non-hydrogen) atoms. The summed E-state index contributed by atoms with van der Waals surface area (Å²) in [5.74, 6) is -0.369. The third-order valence-corrected chi connectivity index (χ3v) is 8.17. The lowest BCUT2D eigenvalue weighted by molar-refractivity contribution is -0.120. The molecule has 0 unspecified atom stereocenters. The number of carbonyl (C=O) groups excluding carboxylic acids is 1. The summed E-state index contributed by atoms with van der Waals surface area (Å²) in [4.78, 5) is 24.7. The summed E-state index contributed by atoms with van der Waals surface area (Å²) in [6, 6.07) is 13.7. The van der Waals surface area contributed by atoms with Crippen LogP contribution in [-0.4, -0.2) is 36.3 Å². The maximum atomic E-state index is 12.7. The van der Waals surface area contributed by atoms with E-state index in [4.69, 9.17) is 0 Å². The minimum Gasteiger partial charge on any atom is -0.326 e. The summed E-state index contributed by atoms with van der Waals surface area (Å²) in [5, 5.41) is 2.91. The highest BCUT2D eigenvalue weighted by atomic mass is 32.2. The van der Waals surface area contributed by atoms with Crippen molar-refractivity contribution in [3.05, 3.63) is 58.2 Å². The second-order valence-electron chi connectivity index (χ2n) is 7.09. The molecule has 9 heteroatoms. The zero-order valence-electron chi connectivity index (χ0n) is 15.9. The number of aryl methyl sites for hydroxylation is 1. The number of fused-ring (bicyclic) bond motifs is 1. The van der Waals surface area contributed by atoms with E-state index < -0.39 is 10.0 Å². The Morgan fingerprint density at radius 2 is 1.79 bits per heavy atom. The van der Waals surface area contributed by atoms with Crippen molar-refractivity contribution in [2.45, 2.75) is 17.7 Å². The molecule has 4 rings (SSSR count). The third-order valence-electron chi connectivity index (χ3n) is 5.27. The van der Waals surface area contributed by atoms with Crippen LogP contribution in [-0.2, 0) is 21.9 Å². The van der Waals surface area contributed by atoms with E-state index in [1.54, 1.807) is 54.1 Å². The van der Waals surface area contributed by atoms with Crippen molar-refractivity contribution in [2.75, 3.05) is 18.4 Å². The number of sulfonamides is 1. The Labute approximate surface area is 172 Å². The van der Waals surface area contributed by atoms with Gasteiger partial charge in [0.25, 0.3) is 0 Å². The number of thiazole rings is 1. The summed E-state index contributed by atoms with van der Waals surface area (Å²) in [7, 11) is -1.81. The molecule has 1 fully saturated rings. The SMILES string of the molecule is Cn1c(=O)sc2cc(NC(=O)C3CCN(S(=O)(=O)c4ccccc4)CC3)ccc21. The number of hydrogen-bond donors (Lipinski definition) is 1. The molecule has 7 nitrogen and oxygen atoms in total. The fraction of sp³-hybridized carbons (Fsp3) is 0.300. The molecular weight excluding hydrogens is 410 g/mol. The van der Waals surface area contributed by atoms with Crippen molar-refractivity contribution >= 4 is 43.2 Å². The van der Waals surface area contributed by atoms with Gasteiger partial charge in [0, 0.05) is 31.7 Å². The van der Waals surface area contributed by atoms with Gasteiger partial charge in [-0.05, 0) is 43.2 Å². The lowest BCUT2D eigenvalue weighted by atomic mass is 9.97. The van der Waals surface area contributed by atoms with E-state index in [0.717, 1.165) is 21.6 Å². The average Bonchev–Trinajstić information content (AvgIpc) is 3.02. The van der Waals surface area contributed by atoms with Crippen LogP contribution in [0.1, 0.15) is 12.8 Å². The molecule has 0 spiro atoms. The number of hydrogen-bond acceptors (Lipinski definition) is 5. The van der Waals surface area contributed by atoms with Crippen molar-refractivity contribution in [3.8, 4) is 0 Å². The first-order valence-electron chi connectivity index (χ1n) is 9.32. The lowest BCUT2D eigenvalue weighted by Gasteiger charge is -2.30. The summed E-state index contributed by atoms with van der Waals surface area (Å²) >= 11 is 1.14. The number of nitrogens with one attached hydrogen (secondary N) is 1. The van der Waals surface area contributed by atoms with Crippen LogP contribution in [0.15, 0.2) is 58.2 Å². The van der Waals surface area contributed by atoms with E-state index >= 15 is 0 Å². The minimum absolute atomic E-state index is 0.0459. The lowest BCUT2D eigenvalue weighted by Crippen LogP contribution is -2.41. The zero-order valence-corrected chi connectivity index (χ0v) is 17.5. The summed E-state index contributed by atoms with van der Waals surface area (Å²) in [6.07, 6.45) is 0.942. The van der Waals surface area contributed by atoms with Gasteiger partial charge in [0.1, 0.15) is 0 Å². The smallest absolute Gasteiger partial charge is 0.307 e. The normalized spacial score (nSPS) is 16.2. The Balaban J connectivity index is 1.41. The largest absolute Gasteiger partial charge is 0.326 e. The summed E-state index contributed by atoms with van der Waals surface area (Å²) in [5.41, 5.74) is 1.47. The number of piperidine rings is 1. The second-order valence-corrected chi connectivity index (χ2v) is 10.0. The van der Waals surface area contributed by atoms with Crippen molar-refractivity contribution in [3.63, 3.8) is 0 Å². The number of benzene rings is 2. The van der Waals surface area contributed by atoms with Gasteiger partial charge in [0.05, 0.1) is 15.1 Å². The monoisotopic (exact) mass is 431 g/mol. The molecule has 1 aromatic heterocycles. The summed E-state index contributed by atoms with van der Waals surface area (Å²) < 4.78 is 29.3. The number of anilines is 1. The van der Waals surface area contributed by atoms with E-state index in [2.05, 4.69) is 5.32 Å². The van der Waals surface area contributed by atoms with Crippen molar-refractivity contribution in [1.82, 2.24) is 8.87 Å². The van der Waals surface area contributed by atoms with Crippen LogP contribution < -0.4 is 10.2 Å². The van der Waals surface area contributed by atoms with Crippen molar-refractivity contribution in [1.29, 1.82) is 0 Å². The molecule has 2 aromatic carbocycles. The maximum Gasteiger partial charge on any atom is 0.307 e. The average molecular weight is 432 g/mol. The minimum atomic E-state index is -3.53. The Hall–Kier alpha value is -2.49. The molecule has 1 N–H and O–H groups in total. The fourth-order valence-corrected chi connectivity index (χ4v) is 5.97. The maximum absolute atomic E-state index is 12.7. The number of amides is 1. The Morgan fingerprint density at radius 3 is 2.48 bits per heavy atom. The van der Waals surface area contributed by atoms with Gasteiger partial charge >= 0.3 is 4.87 Å². The Bertz CT molecular complexity index is 1210. The molecule has 0 aliphatic carbocycles. The van der Waals surface area contributed by atoms with Gasteiger partial charge in [-0.25, -0.2) is 8.42 Å². The molecule has 152 valence electrons. The molecule has 0 bridgehead atoms. The highest BCUT2D eigenvalue weighted by Crippen LogP contribution is 2.26. The van der Waals surface area contributed by atoms with Gasteiger partial charge in [-0.3, -0.25) is 9.59 Å². The van der Waals surface area contributed by atoms with E-state index in [1.165, 1.54) is 4.31 Å². The first-order chi connectivity index (χ1) is 13.9. The van der Waals surface area contributed by atoms with E-state index in [9.17, 15) is 18.0 Å². The van der Waals surface area contributed by atoms with Crippen LogP contribution in [0.4, 0.5) is 5.69 Å². The highest BCUT2D eigenvalue weighted by molar-refractivity contribution is 7.89. The van der Waals surface area contributed by atoms with E-state index in [0.29, 0.717) is 31.6 Å². The van der Waals surface area contributed by atoms with Crippen LogP contribution in [0.25, 0.3) is 10.2 Å². The number of rotatable bonds is 4. The number of nitrogens with zero attached hydrogens (tertiary/aromatic N) is 2. The Morgan fingerprint density at radius 1 is 1.10 bits per heavy atom. The van der Waals surface area contributed by atoms with Crippen LogP contribution in [0.5, 0.6) is 0 Å². The fourth-order valence-electron chi connectivity index (χ4n) is 3.56. The molecule has 1 aliphatic rings. The van der Waals surface area contributed by atoms with Crippen LogP contribution in [0, 0.1) is 5.92 Å². The molecule has 0 radical (unpaired) electrons. The predicted molar refractivity (Wildman–Crippen MR) is 114 cm³/mol. The van der Waals surface area contributed by atoms with Crippen molar-refractivity contribution < 1.29 is 13.2 Å². The molecular formula is C20H21N3O4S2. The van der Waals surface area contributed by atoms with E-state index in [-0.39, 0.29) is 21.6 Å². The third kappa shape index (κ3) is 3.85. The van der Waals surface area contributed by atoms with Gasteiger partial charge in [-0.2, -0.15) is 4.31 Å². The van der Waals surface area contributed by atoms with Gasteiger partial charge in [-0.1, -0.05) is 29.5 Å². The van der Waals surface area contributed by atoms with Gasteiger partial charge < -0.3 is 9.88 Å².